The van der Waals surface area contributed by atoms with Crippen LogP contribution < -0.4 is 0 Å². The van der Waals surface area contributed by atoms with E-state index in [2.05, 4.69) is 40.5 Å². The molecule has 0 aliphatic heterocycles. The molecule has 0 N–H and O–H groups in total. The van der Waals surface area contributed by atoms with Crippen LogP contribution in [0.3, 0.4) is 0 Å². The van der Waals surface area contributed by atoms with Crippen LogP contribution in [-0.2, 0) is 18.6 Å². The first kappa shape index (κ1) is 15.9. The molecule has 120 valence electrons. The molecule has 1 aromatic heterocycles. The van der Waals surface area contributed by atoms with Gasteiger partial charge in [-0.25, -0.2) is 0 Å². The average molecular weight is 373 g/mol. The minimum absolute atomic E-state index is 0.654. The van der Waals surface area contributed by atoms with E-state index < -0.39 is 0 Å². The lowest BCUT2D eigenvalue weighted by molar-refractivity contribution is 0.855. The second-order valence-electron chi connectivity index (χ2n) is 5.74. The maximum atomic E-state index is 6.23. The molecule has 5 heteroatoms. The molecule has 2 nitrogen and oxygen atoms in total. The number of aromatic nitrogens is 2. The Morgan fingerprint density at radius 1 is 0.917 bits per heavy atom. The molecule has 3 aromatic rings. The fourth-order valence-electron chi connectivity index (χ4n) is 2.93. The van der Waals surface area contributed by atoms with Gasteiger partial charge in [0.15, 0.2) is 0 Å². The van der Waals surface area contributed by atoms with E-state index in [-0.39, 0.29) is 0 Å². The lowest BCUT2D eigenvalue weighted by Gasteiger charge is -2.18. The molecule has 2 aromatic carbocycles. The van der Waals surface area contributed by atoms with Crippen LogP contribution in [0.15, 0.2) is 53.6 Å². The number of hydrogen-bond donors (Lipinski definition) is 0. The summed E-state index contributed by atoms with van der Waals surface area (Å²) >= 11 is 13.8. The summed E-state index contributed by atoms with van der Waals surface area (Å²) in [4.78, 5) is 0. The van der Waals surface area contributed by atoms with Crippen molar-refractivity contribution >= 4 is 35.0 Å². The van der Waals surface area contributed by atoms with E-state index in [1.54, 1.807) is 17.8 Å². The van der Waals surface area contributed by atoms with Crippen LogP contribution in [0, 0.1) is 0 Å². The highest BCUT2D eigenvalue weighted by Gasteiger charge is 2.18. The van der Waals surface area contributed by atoms with Crippen LogP contribution in [0.25, 0.3) is 11.3 Å². The maximum Gasteiger partial charge on any atom is 0.119 e. The smallest absolute Gasteiger partial charge is 0.119 e. The zero-order valence-corrected chi connectivity index (χ0v) is 15.1. The summed E-state index contributed by atoms with van der Waals surface area (Å²) in [6, 6.07) is 16.2. The molecule has 0 amide bonds. The zero-order valence-electron chi connectivity index (χ0n) is 12.8. The average Bonchev–Trinajstić information content (AvgIpc) is 2.60. The van der Waals surface area contributed by atoms with Crippen molar-refractivity contribution < 1.29 is 0 Å². The molecule has 24 heavy (non-hydrogen) atoms. The number of thioether (sulfide) groups is 1. The summed E-state index contributed by atoms with van der Waals surface area (Å²) in [6.45, 7) is 0. The van der Waals surface area contributed by atoms with E-state index in [9.17, 15) is 0 Å². The summed E-state index contributed by atoms with van der Waals surface area (Å²) in [7, 11) is 0. The van der Waals surface area contributed by atoms with Crippen molar-refractivity contribution in [3.63, 3.8) is 0 Å². The fraction of sp³-hybridized carbons (Fsp3) is 0.158. The molecule has 1 heterocycles. The summed E-state index contributed by atoms with van der Waals surface area (Å²) in [6.07, 6.45) is 2.07. The van der Waals surface area contributed by atoms with Crippen LogP contribution >= 0.6 is 35.0 Å². The lowest BCUT2D eigenvalue weighted by Crippen LogP contribution is -2.07. The molecule has 1 aliphatic rings. The first-order chi connectivity index (χ1) is 11.7. The Balaban J connectivity index is 1.56. The Morgan fingerprint density at radius 3 is 2.62 bits per heavy atom. The van der Waals surface area contributed by atoms with Gasteiger partial charge in [0.2, 0.25) is 0 Å². The molecule has 0 spiro atoms. The predicted molar refractivity (Wildman–Crippen MR) is 101 cm³/mol. The number of halogens is 2. The van der Waals surface area contributed by atoms with Crippen molar-refractivity contribution in [2.45, 2.75) is 23.6 Å². The van der Waals surface area contributed by atoms with Crippen molar-refractivity contribution in [3.8, 4) is 11.3 Å². The van der Waals surface area contributed by atoms with Gasteiger partial charge in [-0.15, -0.1) is 10.2 Å². The van der Waals surface area contributed by atoms with Crippen molar-refractivity contribution in [1.82, 2.24) is 10.2 Å². The summed E-state index contributed by atoms with van der Waals surface area (Å²) in [5.74, 6) is 0.750. The highest BCUT2D eigenvalue weighted by atomic mass is 35.5. The van der Waals surface area contributed by atoms with E-state index in [0.717, 1.165) is 34.9 Å². The third kappa shape index (κ3) is 3.16. The predicted octanol–water partition coefficient (Wildman–Crippen LogP) is 5.84. The summed E-state index contributed by atoms with van der Waals surface area (Å²) in [5.41, 5.74) is 5.91. The van der Waals surface area contributed by atoms with Gasteiger partial charge in [0, 0.05) is 21.4 Å². The van der Waals surface area contributed by atoms with Gasteiger partial charge in [-0.1, -0.05) is 65.3 Å². The van der Waals surface area contributed by atoms with Crippen LogP contribution in [0.5, 0.6) is 0 Å². The van der Waals surface area contributed by atoms with Gasteiger partial charge < -0.3 is 0 Å². The van der Waals surface area contributed by atoms with Gasteiger partial charge in [-0.05, 0) is 47.7 Å². The molecule has 0 bridgehead atoms. The van der Waals surface area contributed by atoms with Crippen molar-refractivity contribution in [2.75, 3.05) is 0 Å². The van der Waals surface area contributed by atoms with Gasteiger partial charge in [-0.2, -0.15) is 0 Å². The Hall–Kier alpha value is -1.55. The number of nitrogens with zero attached hydrogens (tertiary/aromatic N) is 2. The third-order valence-corrected chi connectivity index (χ3v) is 5.71. The largest absolute Gasteiger partial charge is 0.149 e. The molecule has 0 atom stereocenters. The van der Waals surface area contributed by atoms with Gasteiger partial charge in [0.05, 0.1) is 5.69 Å². The molecule has 0 saturated heterocycles. The number of hydrogen-bond acceptors (Lipinski definition) is 3. The van der Waals surface area contributed by atoms with Gasteiger partial charge in [0.25, 0.3) is 0 Å². The zero-order chi connectivity index (χ0) is 16.5. The Labute approximate surface area is 155 Å². The Kier molecular flexibility index (Phi) is 4.49. The number of aryl methyl sites for hydroxylation is 2. The van der Waals surface area contributed by atoms with Crippen LogP contribution in [0.1, 0.15) is 16.7 Å². The van der Waals surface area contributed by atoms with Gasteiger partial charge in [-0.3, -0.25) is 0 Å². The normalized spacial score (nSPS) is 12.6. The van der Waals surface area contributed by atoms with E-state index in [0.29, 0.717) is 10.0 Å². The van der Waals surface area contributed by atoms with E-state index >= 15 is 0 Å². The van der Waals surface area contributed by atoms with Gasteiger partial charge >= 0.3 is 0 Å². The highest BCUT2D eigenvalue weighted by molar-refractivity contribution is 7.98. The summed E-state index contributed by atoms with van der Waals surface area (Å²) in [5, 5.41) is 11.2. The molecule has 0 radical (unpaired) electrons. The SMILES string of the molecule is Clc1ccc(CSc2cc3c(nn2)-c2ccccc2CC3)c(Cl)c1. The standard InChI is InChI=1S/C19H14Cl2N2S/c20-15-8-7-14(17(21)10-15)11-24-18-9-13-6-5-12-3-1-2-4-16(12)19(13)23-22-18/h1-4,7-10H,5-6,11H2. The van der Waals surface area contributed by atoms with E-state index in [1.807, 2.05) is 12.1 Å². The molecule has 0 saturated carbocycles. The minimum Gasteiger partial charge on any atom is -0.149 e. The van der Waals surface area contributed by atoms with Crippen LogP contribution in [-0.4, -0.2) is 10.2 Å². The lowest BCUT2D eigenvalue weighted by atomic mass is 9.90. The highest BCUT2D eigenvalue weighted by Crippen LogP contribution is 2.34. The topological polar surface area (TPSA) is 25.8 Å². The number of rotatable bonds is 3. The molecule has 4 rings (SSSR count). The summed E-state index contributed by atoms with van der Waals surface area (Å²) < 4.78 is 0. The van der Waals surface area contributed by atoms with Crippen molar-refractivity contribution in [1.29, 1.82) is 0 Å². The number of fused-ring (bicyclic) bond motifs is 3. The molecular formula is C19H14Cl2N2S. The fourth-order valence-corrected chi connectivity index (χ4v) is 4.36. The first-order valence-corrected chi connectivity index (χ1v) is 9.46. The maximum absolute atomic E-state index is 6.23. The Bertz CT molecular complexity index is 912. The van der Waals surface area contributed by atoms with Crippen molar-refractivity contribution in [3.05, 3.63) is 75.3 Å². The third-order valence-electron chi connectivity index (χ3n) is 4.18. The minimum atomic E-state index is 0.654. The van der Waals surface area contributed by atoms with Crippen molar-refractivity contribution in [2.24, 2.45) is 0 Å². The van der Waals surface area contributed by atoms with Gasteiger partial charge in [0.1, 0.15) is 5.03 Å². The van der Waals surface area contributed by atoms with Crippen LogP contribution in [0.4, 0.5) is 0 Å². The van der Waals surface area contributed by atoms with E-state index in [1.165, 1.54) is 16.7 Å². The molecule has 0 fully saturated rings. The quantitative estimate of drug-likeness (QED) is 0.539. The second-order valence-corrected chi connectivity index (χ2v) is 7.58. The number of benzene rings is 2. The first-order valence-electron chi connectivity index (χ1n) is 7.72. The monoisotopic (exact) mass is 372 g/mol. The van der Waals surface area contributed by atoms with Crippen LogP contribution in [0.2, 0.25) is 10.0 Å². The second kappa shape index (κ2) is 6.75. The molecule has 0 unspecified atom stereocenters. The molecule has 1 aliphatic carbocycles. The van der Waals surface area contributed by atoms with E-state index in [4.69, 9.17) is 23.2 Å². The Morgan fingerprint density at radius 2 is 1.75 bits per heavy atom. The molecular weight excluding hydrogens is 359 g/mol.